The fraction of sp³-hybridized carbons (Fsp3) is 0.333. The summed E-state index contributed by atoms with van der Waals surface area (Å²) in [7, 11) is 0. The van der Waals surface area contributed by atoms with Gasteiger partial charge in [-0.1, -0.05) is 22.9 Å². The van der Waals surface area contributed by atoms with Crippen molar-refractivity contribution in [1.29, 1.82) is 0 Å². The van der Waals surface area contributed by atoms with Crippen molar-refractivity contribution in [2.75, 3.05) is 6.54 Å². The highest BCUT2D eigenvalue weighted by Crippen LogP contribution is 2.35. The zero-order valence-corrected chi connectivity index (χ0v) is 13.4. The SMILES string of the molecule is CCCNC(C)c1ccc(-c2ccc(F)cc2Br)s1. The minimum absolute atomic E-state index is 0.217. The van der Waals surface area contributed by atoms with Gasteiger partial charge in [0.1, 0.15) is 5.82 Å². The average Bonchev–Trinajstić information content (AvgIpc) is 2.85. The van der Waals surface area contributed by atoms with Crippen LogP contribution in [0.25, 0.3) is 10.4 Å². The topological polar surface area (TPSA) is 12.0 Å². The van der Waals surface area contributed by atoms with E-state index in [1.807, 2.05) is 6.07 Å². The average molecular weight is 342 g/mol. The number of halogens is 2. The second kappa shape index (κ2) is 6.64. The lowest BCUT2D eigenvalue weighted by Crippen LogP contribution is -2.18. The molecular weight excluding hydrogens is 325 g/mol. The third kappa shape index (κ3) is 3.65. The van der Waals surface area contributed by atoms with Gasteiger partial charge in [0.05, 0.1) is 0 Å². The van der Waals surface area contributed by atoms with E-state index in [-0.39, 0.29) is 5.82 Å². The molecule has 0 radical (unpaired) electrons. The quantitative estimate of drug-likeness (QED) is 0.769. The number of hydrogen-bond acceptors (Lipinski definition) is 2. The summed E-state index contributed by atoms with van der Waals surface area (Å²) in [6.07, 6.45) is 1.13. The first-order valence-electron chi connectivity index (χ1n) is 6.40. The van der Waals surface area contributed by atoms with Gasteiger partial charge in [0.2, 0.25) is 0 Å². The fourth-order valence-electron chi connectivity index (χ4n) is 1.88. The van der Waals surface area contributed by atoms with Crippen LogP contribution in [0.5, 0.6) is 0 Å². The van der Waals surface area contributed by atoms with Crippen molar-refractivity contribution in [3.8, 4) is 10.4 Å². The van der Waals surface area contributed by atoms with Crippen molar-refractivity contribution in [2.45, 2.75) is 26.3 Å². The summed E-state index contributed by atoms with van der Waals surface area (Å²) in [5.41, 5.74) is 1.04. The first kappa shape index (κ1) is 14.7. The van der Waals surface area contributed by atoms with Crippen LogP contribution in [0.15, 0.2) is 34.8 Å². The number of nitrogens with one attached hydrogen (secondary N) is 1. The highest BCUT2D eigenvalue weighted by Gasteiger charge is 2.11. The van der Waals surface area contributed by atoms with Crippen molar-refractivity contribution >= 4 is 27.3 Å². The summed E-state index contributed by atoms with van der Waals surface area (Å²) in [6.45, 7) is 5.36. The molecule has 4 heteroatoms. The van der Waals surface area contributed by atoms with E-state index < -0.39 is 0 Å². The van der Waals surface area contributed by atoms with E-state index in [2.05, 4.69) is 47.2 Å². The van der Waals surface area contributed by atoms with Crippen LogP contribution < -0.4 is 5.32 Å². The Balaban J connectivity index is 2.20. The standard InChI is InChI=1S/C15H17BrFNS/c1-3-8-18-10(2)14-6-7-15(19-14)12-5-4-11(17)9-13(12)16/h4-7,9-10,18H,3,8H2,1-2H3. The highest BCUT2D eigenvalue weighted by atomic mass is 79.9. The van der Waals surface area contributed by atoms with Gasteiger partial charge < -0.3 is 5.32 Å². The van der Waals surface area contributed by atoms with E-state index in [4.69, 9.17) is 0 Å². The number of thiophene rings is 1. The van der Waals surface area contributed by atoms with Gasteiger partial charge in [-0.25, -0.2) is 4.39 Å². The fourth-order valence-corrected chi connectivity index (χ4v) is 3.65. The Bertz CT molecular complexity index is 553. The Morgan fingerprint density at radius 2 is 2.11 bits per heavy atom. The molecule has 0 aliphatic heterocycles. The van der Waals surface area contributed by atoms with Crippen LogP contribution in [0, 0.1) is 5.82 Å². The summed E-state index contributed by atoms with van der Waals surface area (Å²) >= 11 is 5.17. The number of rotatable bonds is 5. The van der Waals surface area contributed by atoms with Crippen LogP contribution in [0.2, 0.25) is 0 Å². The Labute approximate surface area is 126 Å². The van der Waals surface area contributed by atoms with Gasteiger partial charge in [0.25, 0.3) is 0 Å². The molecule has 102 valence electrons. The Hall–Kier alpha value is -0.710. The van der Waals surface area contributed by atoms with Gasteiger partial charge in [0.15, 0.2) is 0 Å². The van der Waals surface area contributed by atoms with E-state index in [0.29, 0.717) is 6.04 Å². The first-order valence-corrected chi connectivity index (χ1v) is 8.01. The molecule has 2 aromatic rings. The molecule has 0 aliphatic carbocycles. The van der Waals surface area contributed by atoms with E-state index in [1.165, 1.54) is 17.0 Å². The third-order valence-corrected chi connectivity index (χ3v) is 4.91. The zero-order chi connectivity index (χ0) is 13.8. The van der Waals surface area contributed by atoms with E-state index in [0.717, 1.165) is 27.9 Å². The predicted octanol–water partition coefficient (Wildman–Crippen LogP) is 5.38. The van der Waals surface area contributed by atoms with Crippen molar-refractivity contribution in [3.05, 3.63) is 45.5 Å². The maximum atomic E-state index is 13.1. The summed E-state index contributed by atoms with van der Waals surface area (Å²) < 4.78 is 13.9. The van der Waals surface area contributed by atoms with Crippen LogP contribution in [-0.2, 0) is 0 Å². The molecule has 0 amide bonds. The molecule has 1 N–H and O–H groups in total. The summed E-state index contributed by atoms with van der Waals surface area (Å²) in [6, 6.07) is 9.42. The van der Waals surface area contributed by atoms with Gasteiger partial charge in [-0.05, 0) is 50.2 Å². The predicted molar refractivity (Wildman–Crippen MR) is 84.1 cm³/mol. The Kier molecular flexibility index (Phi) is 5.13. The maximum Gasteiger partial charge on any atom is 0.124 e. The van der Waals surface area contributed by atoms with E-state index in [9.17, 15) is 4.39 Å². The molecular formula is C15H17BrFNS. The highest BCUT2D eigenvalue weighted by molar-refractivity contribution is 9.10. The molecule has 0 spiro atoms. The van der Waals surface area contributed by atoms with Crippen LogP contribution in [-0.4, -0.2) is 6.54 Å². The van der Waals surface area contributed by atoms with E-state index >= 15 is 0 Å². The molecule has 1 atom stereocenters. The van der Waals surface area contributed by atoms with Gasteiger partial charge in [-0.3, -0.25) is 0 Å². The van der Waals surface area contributed by atoms with Gasteiger partial charge in [-0.2, -0.15) is 0 Å². The van der Waals surface area contributed by atoms with Crippen LogP contribution in [0.1, 0.15) is 31.2 Å². The minimum Gasteiger partial charge on any atom is -0.309 e. The van der Waals surface area contributed by atoms with Crippen LogP contribution >= 0.6 is 27.3 Å². The van der Waals surface area contributed by atoms with Crippen LogP contribution in [0.3, 0.4) is 0 Å². The van der Waals surface area contributed by atoms with Crippen molar-refractivity contribution in [2.24, 2.45) is 0 Å². The Morgan fingerprint density at radius 1 is 1.32 bits per heavy atom. The van der Waals surface area contributed by atoms with Crippen molar-refractivity contribution in [1.82, 2.24) is 5.32 Å². The first-order chi connectivity index (χ1) is 9.11. The monoisotopic (exact) mass is 341 g/mol. The third-order valence-electron chi connectivity index (χ3n) is 2.95. The molecule has 0 fully saturated rings. The molecule has 1 nitrogen and oxygen atoms in total. The van der Waals surface area contributed by atoms with Crippen molar-refractivity contribution < 1.29 is 4.39 Å². The lowest BCUT2D eigenvalue weighted by atomic mass is 10.2. The molecule has 19 heavy (non-hydrogen) atoms. The van der Waals surface area contributed by atoms with Crippen LogP contribution in [0.4, 0.5) is 4.39 Å². The van der Waals surface area contributed by atoms with Gasteiger partial charge >= 0.3 is 0 Å². The molecule has 1 aromatic heterocycles. The summed E-state index contributed by atoms with van der Waals surface area (Å²) in [4.78, 5) is 2.46. The molecule has 1 heterocycles. The molecule has 0 saturated heterocycles. The van der Waals surface area contributed by atoms with Gasteiger partial charge in [0, 0.05) is 25.8 Å². The number of hydrogen-bond donors (Lipinski definition) is 1. The second-order valence-electron chi connectivity index (χ2n) is 4.50. The lowest BCUT2D eigenvalue weighted by Gasteiger charge is -2.10. The second-order valence-corrected chi connectivity index (χ2v) is 6.47. The minimum atomic E-state index is -0.217. The van der Waals surface area contributed by atoms with E-state index in [1.54, 1.807) is 11.3 Å². The normalized spacial score (nSPS) is 12.6. The lowest BCUT2D eigenvalue weighted by molar-refractivity contribution is 0.578. The smallest absolute Gasteiger partial charge is 0.124 e. The van der Waals surface area contributed by atoms with Gasteiger partial charge in [-0.15, -0.1) is 11.3 Å². The molecule has 0 bridgehead atoms. The number of benzene rings is 1. The summed E-state index contributed by atoms with van der Waals surface area (Å²) in [5, 5.41) is 3.48. The molecule has 0 saturated carbocycles. The Morgan fingerprint density at radius 3 is 2.79 bits per heavy atom. The molecule has 1 unspecified atom stereocenters. The maximum absolute atomic E-state index is 13.1. The molecule has 0 aliphatic rings. The van der Waals surface area contributed by atoms with Crippen molar-refractivity contribution in [3.63, 3.8) is 0 Å². The molecule has 2 rings (SSSR count). The zero-order valence-electron chi connectivity index (χ0n) is 11.0. The largest absolute Gasteiger partial charge is 0.309 e. The molecule has 1 aromatic carbocycles. The summed E-state index contributed by atoms with van der Waals surface area (Å²) in [5.74, 6) is -0.217.